The molecule has 102 valence electrons. The Labute approximate surface area is 113 Å². The second kappa shape index (κ2) is 5.05. The van der Waals surface area contributed by atoms with E-state index in [4.69, 9.17) is 0 Å². The van der Waals surface area contributed by atoms with Gasteiger partial charge in [-0.2, -0.15) is 5.10 Å². The monoisotopic (exact) mass is 279 g/mol. The van der Waals surface area contributed by atoms with Crippen molar-refractivity contribution in [1.29, 1.82) is 0 Å². The molecule has 1 atom stereocenters. The molecular weight excluding hydrogens is 262 g/mol. The van der Waals surface area contributed by atoms with Gasteiger partial charge in [-0.25, -0.2) is 8.42 Å². The molecule has 0 saturated carbocycles. The van der Waals surface area contributed by atoms with Gasteiger partial charge in [-0.05, 0) is 37.6 Å². The Morgan fingerprint density at radius 2 is 2.05 bits per heavy atom. The van der Waals surface area contributed by atoms with Gasteiger partial charge in [-0.3, -0.25) is 5.10 Å². The van der Waals surface area contributed by atoms with Crippen molar-refractivity contribution in [2.24, 2.45) is 0 Å². The minimum atomic E-state index is -3.19. The van der Waals surface area contributed by atoms with Crippen molar-refractivity contribution in [1.82, 2.24) is 10.2 Å². The van der Waals surface area contributed by atoms with Gasteiger partial charge in [0.05, 0.1) is 16.6 Å². The van der Waals surface area contributed by atoms with E-state index in [0.717, 1.165) is 16.9 Å². The number of anilines is 1. The van der Waals surface area contributed by atoms with Crippen LogP contribution in [0, 0.1) is 6.92 Å². The van der Waals surface area contributed by atoms with Crippen molar-refractivity contribution < 1.29 is 8.42 Å². The van der Waals surface area contributed by atoms with E-state index in [1.165, 1.54) is 6.26 Å². The molecule has 0 saturated heterocycles. The number of benzene rings is 1. The minimum absolute atomic E-state index is 0.0241. The van der Waals surface area contributed by atoms with Gasteiger partial charge in [-0.1, -0.05) is 6.07 Å². The zero-order valence-corrected chi connectivity index (χ0v) is 12.0. The third kappa shape index (κ3) is 3.14. The molecule has 0 fully saturated rings. The summed E-state index contributed by atoms with van der Waals surface area (Å²) in [5.74, 6) is 0. The lowest BCUT2D eigenvalue weighted by Crippen LogP contribution is -2.09. The Bertz CT molecular complexity index is 663. The number of hydrogen-bond acceptors (Lipinski definition) is 4. The van der Waals surface area contributed by atoms with E-state index < -0.39 is 9.84 Å². The van der Waals surface area contributed by atoms with Crippen LogP contribution in [0.4, 0.5) is 5.69 Å². The lowest BCUT2D eigenvalue weighted by Gasteiger charge is -2.16. The molecule has 0 radical (unpaired) electrons. The van der Waals surface area contributed by atoms with Gasteiger partial charge in [0.1, 0.15) is 0 Å². The average molecular weight is 279 g/mol. The van der Waals surface area contributed by atoms with Crippen LogP contribution in [-0.4, -0.2) is 24.9 Å². The van der Waals surface area contributed by atoms with Crippen LogP contribution in [0.15, 0.2) is 35.4 Å². The fourth-order valence-electron chi connectivity index (χ4n) is 1.81. The number of sulfone groups is 1. The first-order valence-corrected chi connectivity index (χ1v) is 7.83. The Morgan fingerprint density at radius 1 is 1.32 bits per heavy atom. The standard InChI is InChI=1S/C13H17N3O2S/c1-9-4-5-11(19(3,17)18)8-13(9)15-10(2)12-6-7-14-16-12/h4-8,10,15H,1-3H3,(H,14,16). The van der Waals surface area contributed by atoms with Crippen molar-refractivity contribution in [3.63, 3.8) is 0 Å². The van der Waals surface area contributed by atoms with Crippen molar-refractivity contribution in [2.45, 2.75) is 24.8 Å². The average Bonchev–Trinajstić information content (AvgIpc) is 2.84. The summed E-state index contributed by atoms with van der Waals surface area (Å²) in [4.78, 5) is 0.317. The highest BCUT2D eigenvalue weighted by atomic mass is 32.2. The van der Waals surface area contributed by atoms with Gasteiger partial charge in [-0.15, -0.1) is 0 Å². The number of nitrogens with zero attached hydrogens (tertiary/aromatic N) is 1. The molecule has 1 aromatic carbocycles. The maximum atomic E-state index is 11.6. The minimum Gasteiger partial charge on any atom is -0.377 e. The summed E-state index contributed by atoms with van der Waals surface area (Å²) in [5, 5.41) is 10.1. The molecule has 1 aromatic heterocycles. The molecule has 0 bridgehead atoms. The molecule has 0 amide bonds. The molecule has 5 nitrogen and oxygen atoms in total. The van der Waals surface area contributed by atoms with Crippen LogP contribution in [0.25, 0.3) is 0 Å². The number of hydrogen-bond donors (Lipinski definition) is 2. The van der Waals surface area contributed by atoms with Crippen LogP contribution in [0.2, 0.25) is 0 Å². The number of rotatable bonds is 4. The molecule has 1 unspecified atom stereocenters. The lowest BCUT2D eigenvalue weighted by atomic mass is 10.1. The molecule has 0 aliphatic rings. The van der Waals surface area contributed by atoms with Crippen LogP contribution in [0.3, 0.4) is 0 Å². The highest BCUT2D eigenvalue weighted by Gasteiger charge is 2.12. The number of H-pyrrole nitrogens is 1. The van der Waals surface area contributed by atoms with Gasteiger partial charge in [0, 0.05) is 18.1 Å². The van der Waals surface area contributed by atoms with Crippen LogP contribution < -0.4 is 5.32 Å². The highest BCUT2D eigenvalue weighted by Crippen LogP contribution is 2.24. The van der Waals surface area contributed by atoms with Crippen molar-refractivity contribution in [3.05, 3.63) is 41.7 Å². The first-order valence-electron chi connectivity index (χ1n) is 5.94. The van der Waals surface area contributed by atoms with Crippen LogP contribution in [0.5, 0.6) is 0 Å². The van der Waals surface area contributed by atoms with Gasteiger partial charge in [0.2, 0.25) is 0 Å². The number of aromatic nitrogens is 2. The Hall–Kier alpha value is -1.82. The molecule has 6 heteroatoms. The fourth-order valence-corrected chi connectivity index (χ4v) is 2.45. The predicted octanol–water partition coefficient (Wildman–Crippen LogP) is 2.29. The summed E-state index contributed by atoms with van der Waals surface area (Å²) in [6.07, 6.45) is 2.90. The molecule has 2 N–H and O–H groups in total. The number of aryl methyl sites for hydroxylation is 1. The Balaban J connectivity index is 2.30. The lowest BCUT2D eigenvalue weighted by molar-refractivity contribution is 0.602. The third-order valence-electron chi connectivity index (χ3n) is 3.00. The predicted molar refractivity (Wildman–Crippen MR) is 74.9 cm³/mol. The molecular formula is C13H17N3O2S. The van der Waals surface area contributed by atoms with E-state index in [1.54, 1.807) is 24.4 Å². The van der Waals surface area contributed by atoms with E-state index in [9.17, 15) is 8.42 Å². The quantitative estimate of drug-likeness (QED) is 0.900. The second-order valence-electron chi connectivity index (χ2n) is 4.63. The summed E-state index contributed by atoms with van der Waals surface area (Å²) < 4.78 is 23.1. The van der Waals surface area contributed by atoms with Crippen LogP contribution >= 0.6 is 0 Å². The summed E-state index contributed by atoms with van der Waals surface area (Å²) in [5.41, 5.74) is 2.76. The first kappa shape index (κ1) is 13.6. The van der Waals surface area contributed by atoms with E-state index >= 15 is 0 Å². The van der Waals surface area contributed by atoms with Gasteiger partial charge >= 0.3 is 0 Å². The van der Waals surface area contributed by atoms with E-state index in [-0.39, 0.29) is 6.04 Å². The van der Waals surface area contributed by atoms with E-state index in [1.807, 2.05) is 19.9 Å². The number of nitrogens with one attached hydrogen (secondary N) is 2. The zero-order valence-electron chi connectivity index (χ0n) is 11.1. The fraction of sp³-hybridized carbons (Fsp3) is 0.308. The summed E-state index contributed by atoms with van der Waals surface area (Å²) in [6.45, 7) is 3.92. The SMILES string of the molecule is Cc1ccc(S(C)(=O)=O)cc1NC(C)c1ccn[nH]1. The maximum Gasteiger partial charge on any atom is 0.175 e. The summed E-state index contributed by atoms with van der Waals surface area (Å²) in [6, 6.07) is 7.00. The molecule has 0 aliphatic heterocycles. The summed E-state index contributed by atoms with van der Waals surface area (Å²) in [7, 11) is -3.19. The normalized spacial score (nSPS) is 13.2. The Kier molecular flexibility index (Phi) is 3.61. The number of aromatic amines is 1. The molecule has 2 aromatic rings. The van der Waals surface area contributed by atoms with Gasteiger partial charge in [0.15, 0.2) is 9.84 Å². The van der Waals surface area contributed by atoms with Crippen LogP contribution in [0.1, 0.15) is 24.2 Å². The first-order chi connectivity index (χ1) is 8.88. The molecule has 2 rings (SSSR count). The van der Waals surface area contributed by atoms with Crippen molar-refractivity contribution in [3.8, 4) is 0 Å². The van der Waals surface area contributed by atoms with E-state index in [2.05, 4.69) is 15.5 Å². The smallest absolute Gasteiger partial charge is 0.175 e. The molecule has 0 aliphatic carbocycles. The van der Waals surface area contributed by atoms with Crippen molar-refractivity contribution >= 4 is 15.5 Å². The van der Waals surface area contributed by atoms with E-state index in [0.29, 0.717) is 4.90 Å². The zero-order chi connectivity index (χ0) is 14.0. The Morgan fingerprint density at radius 3 is 2.63 bits per heavy atom. The molecule has 0 spiro atoms. The molecule has 1 heterocycles. The molecule has 19 heavy (non-hydrogen) atoms. The van der Waals surface area contributed by atoms with Gasteiger partial charge < -0.3 is 5.32 Å². The van der Waals surface area contributed by atoms with Crippen LogP contribution in [-0.2, 0) is 9.84 Å². The third-order valence-corrected chi connectivity index (χ3v) is 4.11. The largest absolute Gasteiger partial charge is 0.377 e. The maximum absolute atomic E-state index is 11.6. The second-order valence-corrected chi connectivity index (χ2v) is 6.64. The summed E-state index contributed by atoms with van der Waals surface area (Å²) >= 11 is 0. The van der Waals surface area contributed by atoms with Crippen molar-refractivity contribution in [2.75, 3.05) is 11.6 Å². The van der Waals surface area contributed by atoms with Gasteiger partial charge in [0.25, 0.3) is 0 Å². The topological polar surface area (TPSA) is 74.8 Å². The highest BCUT2D eigenvalue weighted by molar-refractivity contribution is 7.90.